The van der Waals surface area contributed by atoms with Crippen LogP contribution in [-0.2, 0) is 4.79 Å². The Morgan fingerprint density at radius 2 is 1.76 bits per heavy atom. The molecule has 104 valence electrons. The van der Waals surface area contributed by atoms with Crippen LogP contribution in [0.3, 0.4) is 0 Å². The second kappa shape index (κ2) is 6.87. The highest BCUT2D eigenvalue weighted by Gasteiger charge is 2.09. The van der Waals surface area contributed by atoms with Gasteiger partial charge in [0.15, 0.2) is 0 Å². The molecule has 0 aromatic heterocycles. The van der Waals surface area contributed by atoms with Crippen molar-refractivity contribution >= 4 is 33.6 Å². The maximum absolute atomic E-state index is 12.1. The molecule has 2 aromatic carbocycles. The van der Waals surface area contributed by atoms with E-state index in [9.17, 15) is 4.79 Å². The number of hydrogen-bond donors (Lipinski definition) is 1. The molecular formula is C17H13BrN2O. The number of nitrogens with zero attached hydrogens (tertiary/aromatic N) is 1. The third-order valence-corrected chi connectivity index (χ3v) is 3.38. The number of halogens is 1. The van der Waals surface area contributed by atoms with Gasteiger partial charge in [0.25, 0.3) is 5.91 Å². The number of benzene rings is 2. The van der Waals surface area contributed by atoms with Gasteiger partial charge in [-0.1, -0.05) is 45.8 Å². The van der Waals surface area contributed by atoms with Crippen LogP contribution < -0.4 is 5.32 Å². The van der Waals surface area contributed by atoms with Gasteiger partial charge in [0.1, 0.15) is 11.6 Å². The average molecular weight is 341 g/mol. The number of rotatable bonds is 3. The van der Waals surface area contributed by atoms with Gasteiger partial charge in [0.2, 0.25) is 0 Å². The van der Waals surface area contributed by atoms with Crippen molar-refractivity contribution in [3.63, 3.8) is 0 Å². The topological polar surface area (TPSA) is 52.9 Å². The van der Waals surface area contributed by atoms with Crippen molar-refractivity contribution in [3.8, 4) is 6.07 Å². The van der Waals surface area contributed by atoms with Crippen LogP contribution in [0.25, 0.3) is 6.08 Å². The van der Waals surface area contributed by atoms with E-state index >= 15 is 0 Å². The molecule has 21 heavy (non-hydrogen) atoms. The van der Waals surface area contributed by atoms with Gasteiger partial charge in [-0.3, -0.25) is 4.79 Å². The monoisotopic (exact) mass is 340 g/mol. The molecular weight excluding hydrogens is 328 g/mol. The number of carbonyl (C=O) groups is 1. The first-order chi connectivity index (χ1) is 10.1. The predicted molar refractivity (Wildman–Crippen MR) is 87.5 cm³/mol. The third-order valence-electron chi connectivity index (χ3n) is 2.86. The molecule has 0 heterocycles. The summed E-state index contributed by atoms with van der Waals surface area (Å²) in [6.07, 6.45) is 1.58. The van der Waals surface area contributed by atoms with Crippen LogP contribution >= 0.6 is 15.9 Å². The summed E-state index contributed by atoms with van der Waals surface area (Å²) >= 11 is 3.33. The van der Waals surface area contributed by atoms with Gasteiger partial charge in [0, 0.05) is 10.2 Å². The minimum Gasteiger partial charge on any atom is -0.321 e. The highest BCUT2D eigenvalue weighted by Crippen LogP contribution is 2.15. The SMILES string of the molecule is Cc1ccc(C=C(C#N)C(=O)Nc2ccc(Br)cc2)cc1. The molecule has 0 radical (unpaired) electrons. The van der Waals surface area contributed by atoms with E-state index in [1.54, 1.807) is 18.2 Å². The van der Waals surface area contributed by atoms with Crippen molar-refractivity contribution in [2.75, 3.05) is 5.32 Å². The summed E-state index contributed by atoms with van der Waals surface area (Å²) in [6.45, 7) is 1.99. The minimum absolute atomic E-state index is 0.0711. The molecule has 0 aliphatic carbocycles. The fourth-order valence-corrected chi connectivity index (χ4v) is 1.97. The zero-order chi connectivity index (χ0) is 15.2. The van der Waals surface area contributed by atoms with Crippen LogP contribution in [0.1, 0.15) is 11.1 Å². The van der Waals surface area contributed by atoms with Crippen LogP contribution in [-0.4, -0.2) is 5.91 Å². The van der Waals surface area contributed by atoms with Crippen LogP contribution in [0.15, 0.2) is 58.6 Å². The molecule has 0 saturated carbocycles. The van der Waals surface area contributed by atoms with Gasteiger partial charge in [-0.05, 0) is 42.8 Å². The molecule has 0 saturated heterocycles. The summed E-state index contributed by atoms with van der Waals surface area (Å²) in [6, 6.07) is 16.7. The summed E-state index contributed by atoms with van der Waals surface area (Å²) < 4.78 is 0.927. The van der Waals surface area contributed by atoms with E-state index in [-0.39, 0.29) is 5.57 Å². The summed E-state index contributed by atoms with van der Waals surface area (Å²) in [5.41, 5.74) is 2.67. The zero-order valence-electron chi connectivity index (χ0n) is 11.4. The van der Waals surface area contributed by atoms with Crippen molar-refractivity contribution in [1.82, 2.24) is 0 Å². The quantitative estimate of drug-likeness (QED) is 0.668. The highest BCUT2D eigenvalue weighted by molar-refractivity contribution is 9.10. The Labute approximate surface area is 132 Å². The van der Waals surface area contributed by atoms with Crippen molar-refractivity contribution in [3.05, 3.63) is 69.7 Å². The lowest BCUT2D eigenvalue weighted by Gasteiger charge is -2.04. The fourth-order valence-electron chi connectivity index (χ4n) is 1.71. The maximum atomic E-state index is 12.1. The summed E-state index contributed by atoms with van der Waals surface area (Å²) in [5.74, 6) is -0.416. The van der Waals surface area contributed by atoms with E-state index in [1.807, 2.05) is 49.4 Å². The first kappa shape index (κ1) is 15.0. The first-order valence-electron chi connectivity index (χ1n) is 6.34. The van der Waals surface area contributed by atoms with Gasteiger partial charge in [-0.25, -0.2) is 0 Å². The molecule has 0 bridgehead atoms. The molecule has 0 aliphatic heterocycles. The van der Waals surface area contributed by atoms with Crippen molar-refractivity contribution < 1.29 is 4.79 Å². The van der Waals surface area contributed by atoms with Gasteiger partial charge >= 0.3 is 0 Å². The molecule has 3 nitrogen and oxygen atoms in total. The standard InChI is InChI=1S/C17H13BrN2O/c1-12-2-4-13(5-3-12)10-14(11-19)17(21)20-16-8-6-15(18)7-9-16/h2-10H,1H3,(H,20,21). The van der Waals surface area contributed by atoms with Crippen LogP contribution in [0.4, 0.5) is 5.69 Å². The van der Waals surface area contributed by atoms with E-state index < -0.39 is 5.91 Å². The number of nitriles is 1. The molecule has 1 amide bonds. The first-order valence-corrected chi connectivity index (χ1v) is 7.13. The van der Waals surface area contributed by atoms with Crippen LogP contribution in [0.5, 0.6) is 0 Å². The Kier molecular flexibility index (Phi) is 4.91. The van der Waals surface area contributed by atoms with Gasteiger partial charge in [-0.15, -0.1) is 0 Å². The van der Waals surface area contributed by atoms with Gasteiger partial charge < -0.3 is 5.32 Å². The summed E-state index contributed by atoms with van der Waals surface area (Å²) in [4.78, 5) is 12.1. The summed E-state index contributed by atoms with van der Waals surface area (Å²) in [7, 11) is 0. The number of nitrogens with one attached hydrogen (secondary N) is 1. The van der Waals surface area contributed by atoms with E-state index in [2.05, 4.69) is 21.2 Å². The highest BCUT2D eigenvalue weighted by atomic mass is 79.9. The Bertz CT molecular complexity index is 710. The number of anilines is 1. The lowest BCUT2D eigenvalue weighted by molar-refractivity contribution is -0.112. The summed E-state index contributed by atoms with van der Waals surface area (Å²) in [5, 5.41) is 11.8. The van der Waals surface area contributed by atoms with Crippen LogP contribution in [0.2, 0.25) is 0 Å². The average Bonchev–Trinajstić information content (AvgIpc) is 2.49. The Morgan fingerprint density at radius 3 is 2.33 bits per heavy atom. The predicted octanol–water partition coefficient (Wildman–Crippen LogP) is 4.30. The lowest BCUT2D eigenvalue weighted by Crippen LogP contribution is -2.13. The van der Waals surface area contributed by atoms with Gasteiger partial charge in [0.05, 0.1) is 0 Å². The maximum Gasteiger partial charge on any atom is 0.266 e. The lowest BCUT2D eigenvalue weighted by atomic mass is 10.1. The van der Waals surface area contributed by atoms with E-state index in [1.165, 1.54) is 0 Å². The molecule has 4 heteroatoms. The number of amides is 1. The second-order valence-corrected chi connectivity index (χ2v) is 5.46. The Hall–Kier alpha value is -2.38. The Balaban J connectivity index is 2.17. The zero-order valence-corrected chi connectivity index (χ0v) is 13.0. The molecule has 0 fully saturated rings. The van der Waals surface area contributed by atoms with E-state index in [0.29, 0.717) is 5.69 Å². The molecule has 2 aromatic rings. The van der Waals surface area contributed by atoms with Crippen molar-refractivity contribution in [2.45, 2.75) is 6.92 Å². The molecule has 2 rings (SSSR count). The molecule has 1 N–H and O–H groups in total. The fraction of sp³-hybridized carbons (Fsp3) is 0.0588. The Morgan fingerprint density at radius 1 is 1.14 bits per heavy atom. The van der Waals surface area contributed by atoms with E-state index in [4.69, 9.17) is 5.26 Å². The van der Waals surface area contributed by atoms with Crippen LogP contribution in [0, 0.1) is 18.3 Å². The second-order valence-electron chi connectivity index (χ2n) is 4.54. The minimum atomic E-state index is -0.416. The number of hydrogen-bond acceptors (Lipinski definition) is 2. The molecule has 0 aliphatic rings. The third kappa shape index (κ3) is 4.30. The van der Waals surface area contributed by atoms with E-state index in [0.717, 1.165) is 15.6 Å². The number of carbonyl (C=O) groups excluding carboxylic acids is 1. The van der Waals surface area contributed by atoms with Crippen molar-refractivity contribution in [2.24, 2.45) is 0 Å². The molecule has 0 unspecified atom stereocenters. The van der Waals surface area contributed by atoms with Gasteiger partial charge in [-0.2, -0.15) is 5.26 Å². The largest absolute Gasteiger partial charge is 0.321 e. The normalized spacial score (nSPS) is 10.8. The molecule has 0 atom stereocenters. The smallest absolute Gasteiger partial charge is 0.266 e. The number of aryl methyl sites for hydroxylation is 1. The molecule has 0 spiro atoms. The van der Waals surface area contributed by atoms with Crippen molar-refractivity contribution in [1.29, 1.82) is 5.26 Å².